The Morgan fingerprint density at radius 3 is 2.22 bits per heavy atom. The number of piperidine rings is 1. The molecule has 12 heteroatoms. The van der Waals surface area contributed by atoms with E-state index >= 15 is 0 Å². The largest absolute Gasteiger partial charge is 0.417 e. The van der Waals surface area contributed by atoms with Crippen molar-refractivity contribution in [3.05, 3.63) is 48.2 Å². The summed E-state index contributed by atoms with van der Waals surface area (Å²) < 4.78 is 65.8. The van der Waals surface area contributed by atoms with Crippen LogP contribution in [0.15, 0.2) is 47.5 Å². The first-order valence-electron chi connectivity index (χ1n) is 11.9. The van der Waals surface area contributed by atoms with Gasteiger partial charge in [0, 0.05) is 55.4 Å². The minimum absolute atomic E-state index is 0.0230. The predicted octanol–water partition coefficient (Wildman–Crippen LogP) is 3.07. The molecule has 1 aliphatic carbocycles. The summed E-state index contributed by atoms with van der Waals surface area (Å²) in [4.78, 5) is 17.5. The van der Waals surface area contributed by atoms with Crippen LogP contribution in [0.3, 0.4) is 0 Å². The zero-order chi connectivity index (χ0) is 25.7. The Hall–Kier alpha value is -2.86. The number of aromatic nitrogens is 1. The zero-order valence-corrected chi connectivity index (χ0v) is 20.4. The topological polar surface area (TPSA) is 109 Å². The van der Waals surface area contributed by atoms with E-state index in [1.807, 2.05) is 12.1 Å². The fourth-order valence-electron chi connectivity index (χ4n) is 5.47. The third-order valence-corrected chi connectivity index (χ3v) is 9.46. The molecule has 5 rings (SSSR count). The minimum Gasteiger partial charge on any atom is -0.370 e. The van der Waals surface area contributed by atoms with Gasteiger partial charge in [-0.2, -0.15) is 17.5 Å². The first-order valence-corrected chi connectivity index (χ1v) is 13.3. The molecule has 1 aromatic carbocycles. The average Bonchev–Trinajstić information content (AvgIpc) is 2.77. The van der Waals surface area contributed by atoms with E-state index in [2.05, 4.69) is 15.2 Å². The first-order chi connectivity index (χ1) is 17.0. The lowest BCUT2D eigenvalue weighted by Crippen LogP contribution is -2.64. The van der Waals surface area contributed by atoms with Gasteiger partial charge in [-0.15, -0.1) is 0 Å². The number of carbonyl (C=O) groups is 1. The van der Waals surface area contributed by atoms with Crippen LogP contribution in [0, 0.1) is 11.3 Å². The zero-order valence-electron chi connectivity index (χ0n) is 19.5. The fraction of sp³-hybridized carbons (Fsp3) is 0.500. The van der Waals surface area contributed by atoms with Gasteiger partial charge in [-0.05, 0) is 62.1 Å². The number of amides is 1. The number of anilines is 2. The van der Waals surface area contributed by atoms with Gasteiger partial charge in [-0.1, -0.05) is 0 Å². The second-order valence-corrected chi connectivity index (χ2v) is 12.0. The van der Waals surface area contributed by atoms with Crippen molar-refractivity contribution in [3.63, 3.8) is 0 Å². The van der Waals surface area contributed by atoms with Gasteiger partial charge in [-0.3, -0.25) is 4.79 Å². The number of nitrogens with zero attached hydrogens (tertiary/aromatic N) is 3. The summed E-state index contributed by atoms with van der Waals surface area (Å²) in [7, 11) is -3.65. The highest BCUT2D eigenvalue weighted by Gasteiger charge is 2.54. The van der Waals surface area contributed by atoms with Gasteiger partial charge in [0.05, 0.1) is 10.5 Å². The number of carbonyl (C=O) groups excluding carboxylic acids is 1. The summed E-state index contributed by atoms with van der Waals surface area (Å²) in [5.41, 5.74) is 5.68. The molecule has 194 valence electrons. The van der Waals surface area contributed by atoms with Crippen molar-refractivity contribution in [3.8, 4) is 0 Å². The molecule has 1 spiro atoms. The number of nitrogens with one attached hydrogen (secondary N) is 1. The maximum absolute atomic E-state index is 13.1. The quantitative estimate of drug-likeness (QED) is 0.603. The van der Waals surface area contributed by atoms with Crippen molar-refractivity contribution in [1.29, 1.82) is 0 Å². The van der Waals surface area contributed by atoms with E-state index in [-0.39, 0.29) is 28.2 Å². The van der Waals surface area contributed by atoms with Crippen molar-refractivity contribution >= 4 is 27.4 Å². The Morgan fingerprint density at radius 1 is 1.06 bits per heavy atom. The minimum atomic E-state index is -4.44. The van der Waals surface area contributed by atoms with E-state index in [0.717, 1.165) is 43.9 Å². The molecule has 3 N–H and O–H groups in total. The van der Waals surface area contributed by atoms with Gasteiger partial charge in [0.1, 0.15) is 5.82 Å². The highest BCUT2D eigenvalue weighted by molar-refractivity contribution is 7.89. The number of hydrogen-bond acceptors (Lipinski definition) is 6. The molecule has 0 atom stereocenters. The molecular formula is C24H28F3N5O3S. The Bertz CT molecular complexity index is 1210. The summed E-state index contributed by atoms with van der Waals surface area (Å²) in [5.74, 6) is 0.0784. The number of halogens is 3. The van der Waals surface area contributed by atoms with Crippen LogP contribution in [0.4, 0.5) is 24.7 Å². The standard InChI is InChI=1S/C24H28F3N5O3S/c25-24(26,27)17-1-6-21(29-13-17)30-18-7-9-32(10-8-18)36(34,35)20-4-2-19(3-5-20)31-14-23(15-31)11-16(12-23)22(28)33/h1-6,13,16,18H,7-12,14-15H2,(H2,28,33)(H,29,30). The molecule has 8 nitrogen and oxygen atoms in total. The molecule has 0 unspecified atom stereocenters. The molecule has 0 radical (unpaired) electrons. The van der Waals surface area contributed by atoms with Crippen LogP contribution in [0.2, 0.25) is 0 Å². The maximum atomic E-state index is 13.1. The lowest BCUT2D eigenvalue weighted by Gasteiger charge is -2.59. The number of alkyl halides is 3. The lowest BCUT2D eigenvalue weighted by molar-refractivity contribution is -0.137. The van der Waals surface area contributed by atoms with Crippen LogP contribution in [-0.2, 0) is 21.0 Å². The van der Waals surface area contributed by atoms with Crippen LogP contribution in [0.25, 0.3) is 0 Å². The summed E-state index contributed by atoms with van der Waals surface area (Å²) in [5, 5.41) is 3.10. The lowest BCUT2D eigenvalue weighted by atomic mass is 9.57. The van der Waals surface area contributed by atoms with Crippen LogP contribution in [0.5, 0.6) is 0 Å². The van der Waals surface area contributed by atoms with E-state index in [0.29, 0.717) is 31.7 Å². The molecule has 2 aromatic rings. The molecule has 0 bridgehead atoms. The molecule has 2 saturated heterocycles. The smallest absolute Gasteiger partial charge is 0.370 e. The number of sulfonamides is 1. The SMILES string of the molecule is NC(=O)C1CC2(C1)CN(c1ccc(S(=O)(=O)N3CCC(Nc4ccc(C(F)(F)F)cn4)CC3)cc1)C2. The van der Waals surface area contributed by atoms with Crippen molar-refractivity contribution in [2.45, 2.75) is 42.8 Å². The molecule has 2 aliphatic heterocycles. The number of rotatable bonds is 6. The Morgan fingerprint density at radius 2 is 1.69 bits per heavy atom. The third kappa shape index (κ3) is 4.75. The van der Waals surface area contributed by atoms with Crippen molar-refractivity contribution in [2.75, 3.05) is 36.4 Å². The maximum Gasteiger partial charge on any atom is 0.417 e. The van der Waals surface area contributed by atoms with E-state index in [1.165, 1.54) is 10.4 Å². The molecule has 3 fully saturated rings. The summed E-state index contributed by atoms with van der Waals surface area (Å²) in [6.45, 7) is 2.30. The number of benzene rings is 1. The second kappa shape index (κ2) is 8.91. The van der Waals surface area contributed by atoms with E-state index in [1.54, 1.807) is 12.1 Å². The third-order valence-electron chi connectivity index (χ3n) is 7.55. The molecule has 1 saturated carbocycles. The van der Waals surface area contributed by atoms with E-state index in [4.69, 9.17) is 5.73 Å². The highest BCUT2D eigenvalue weighted by Crippen LogP contribution is 2.52. The van der Waals surface area contributed by atoms with Crippen LogP contribution in [0.1, 0.15) is 31.2 Å². The van der Waals surface area contributed by atoms with Crippen molar-refractivity contribution in [2.24, 2.45) is 17.1 Å². The summed E-state index contributed by atoms with van der Waals surface area (Å²) >= 11 is 0. The van der Waals surface area contributed by atoms with Crippen LogP contribution in [-0.4, -0.2) is 55.8 Å². The first kappa shape index (κ1) is 24.8. The molecule has 36 heavy (non-hydrogen) atoms. The Labute approximate surface area is 207 Å². The Kier molecular flexibility index (Phi) is 6.14. The summed E-state index contributed by atoms with van der Waals surface area (Å²) in [6, 6.07) is 9.06. The van der Waals surface area contributed by atoms with Gasteiger partial charge in [0.25, 0.3) is 0 Å². The highest BCUT2D eigenvalue weighted by atomic mass is 32.2. The average molecular weight is 524 g/mol. The molecule has 1 amide bonds. The monoisotopic (exact) mass is 523 g/mol. The number of nitrogens with two attached hydrogens (primary N) is 1. The fourth-order valence-corrected chi connectivity index (χ4v) is 6.94. The molecule has 3 aliphatic rings. The van der Waals surface area contributed by atoms with Gasteiger partial charge in [0.2, 0.25) is 15.9 Å². The number of pyridine rings is 1. The normalized spacial score (nSPS) is 21.1. The predicted molar refractivity (Wildman–Crippen MR) is 128 cm³/mol. The van der Waals surface area contributed by atoms with Crippen molar-refractivity contribution in [1.82, 2.24) is 9.29 Å². The molecule has 1 aromatic heterocycles. The molecular weight excluding hydrogens is 495 g/mol. The van der Waals surface area contributed by atoms with Gasteiger partial charge in [-0.25, -0.2) is 13.4 Å². The molecule has 3 heterocycles. The van der Waals surface area contributed by atoms with Gasteiger partial charge in [0.15, 0.2) is 0 Å². The van der Waals surface area contributed by atoms with Gasteiger partial charge < -0.3 is 16.0 Å². The van der Waals surface area contributed by atoms with E-state index < -0.39 is 21.8 Å². The summed E-state index contributed by atoms with van der Waals surface area (Å²) in [6.07, 6.45) is -0.969. The van der Waals surface area contributed by atoms with Crippen molar-refractivity contribution < 1.29 is 26.4 Å². The Balaban J connectivity index is 1.13. The number of hydrogen-bond donors (Lipinski definition) is 2. The number of primary amides is 1. The van der Waals surface area contributed by atoms with E-state index in [9.17, 15) is 26.4 Å². The van der Waals surface area contributed by atoms with Crippen LogP contribution >= 0.6 is 0 Å². The van der Waals surface area contributed by atoms with Gasteiger partial charge >= 0.3 is 6.18 Å². The second-order valence-electron chi connectivity index (χ2n) is 10.1. The van der Waals surface area contributed by atoms with Crippen LogP contribution < -0.4 is 16.0 Å².